The number of ether oxygens (including phenoxy) is 1. The number of likely N-dealkylation sites (N-methyl/N-ethyl adjacent to an activating group) is 1. The SMILES string of the molecule is COc1ccc(C(CN)N(C)C)c(Cl)c1. The first-order valence-electron chi connectivity index (χ1n) is 4.80. The quantitative estimate of drug-likeness (QED) is 0.856. The zero-order valence-electron chi connectivity index (χ0n) is 9.33. The average molecular weight is 229 g/mol. The van der Waals surface area contributed by atoms with Gasteiger partial charge in [-0.1, -0.05) is 17.7 Å². The lowest BCUT2D eigenvalue weighted by Gasteiger charge is -2.24. The van der Waals surface area contributed by atoms with E-state index in [1.54, 1.807) is 7.11 Å². The number of hydrogen-bond donors (Lipinski definition) is 1. The summed E-state index contributed by atoms with van der Waals surface area (Å²) in [5, 5.41) is 0.693. The Bertz CT molecular complexity index is 328. The topological polar surface area (TPSA) is 38.5 Å². The highest BCUT2D eigenvalue weighted by atomic mass is 35.5. The summed E-state index contributed by atoms with van der Waals surface area (Å²) in [6.07, 6.45) is 0. The number of methoxy groups -OCH3 is 1. The number of halogens is 1. The van der Waals surface area contributed by atoms with Crippen LogP contribution in [-0.4, -0.2) is 32.6 Å². The molecule has 0 heterocycles. The number of benzene rings is 1. The standard InChI is InChI=1S/C11H17ClN2O/c1-14(2)11(7-13)9-5-4-8(15-3)6-10(9)12/h4-6,11H,7,13H2,1-3H3. The van der Waals surface area contributed by atoms with Crippen LogP contribution >= 0.6 is 11.6 Å². The van der Waals surface area contributed by atoms with E-state index in [0.717, 1.165) is 11.3 Å². The summed E-state index contributed by atoms with van der Waals surface area (Å²) in [6, 6.07) is 5.80. The summed E-state index contributed by atoms with van der Waals surface area (Å²) in [5.41, 5.74) is 6.75. The molecule has 84 valence electrons. The first-order valence-corrected chi connectivity index (χ1v) is 5.18. The van der Waals surface area contributed by atoms with Gasteiger partial charge < -0.3 is 15.4 Å². The van der Waals surface area contributed by atoms with Gasteiger partial charge in [0.1, 0.15) is 5.75 Å². The number of hydrogen-bond acceptors (Lipinski definition) is 3. The van der Waals surface area contributed by atoms with Crippen molar-refractivity contribution in [2.75, 3.05) is 27.7 Å². The van der Waals surface area contributed by atoms with Gasteiger partial charge in [-0.15, -0.1) is 0 Å². The van der Waals surface area contributed by atoms with Crippen LogP contribution in [0.15, 0.2) is 18.2 Å². The lowest BCUT2D eigenvalue weighted by atomic mass is 10.1. The van der Waals surface area contributed by atoms with Crippen molar-refractivity contribution in [3.05, 3.63) is 28.8 Å². The fraction of sp³-hybridized carbons (Fsp3) is 0.455. The smallest absolute Gasteiger partial charge is 0.120 e. The molecule has 0 bridgehead atoms. The molecule has 1 atom stereocenters. The normalized spacial score (nSPS) is 12.9. The molecule has 0 aromatic heterocycles. The fourth-order valence-electron chi connectivity index (χ4n) is 1.52. The van der Waals surface area contributed by atoms with E-state index in [-0.39, 0.29) is 6.04 Å². The van der Waals surface area contributed by atoms with Crippen LogP contribution in [0.5, 0.6) is 5.75 Å². The van der Waals surface area contributed by atoms with Gasteiger partial charge in [0.05, 0.1) is 7.11 Å². The molecule has 1 aromatic rings. The van der Waals surface area contributed by atoms with Crippen LogP contribution in [0.25, 0.3) is 0 Å². The van der Waals surface area contributed by atoms with Gasteiger partial charge in [0, 0.05) is 17.6 Å². The Kier molecular flexibility index (Phi) is 4.39. The van der Waals surface area contributed by atoms with E-state index >= 15 is 0 Å². The van der Waals surface area contributed by atoms with E-state index in [0.29, 0.717) is 11.6 Å². The van der Waals surface area contributed by atoms with Gasteiger partial charge >= 0.3 is 0 Å². The van der Waals surface area contributed by atoms with Crippen LogP contribution < -0.4 is 10.5 Å². The molecule has 15 heavy (non-hydrogen) atoms. The molecule has 0 fully saturated rings. The molecule has 0 amide bonds. The fourth-order valence-corrected chi connectivity index (χ4v) is 1.82. The molecule has 0 saturated heterocycles. The maximum atomic E-state index is 6.16. The van der Waals surface area contributed by atoms with Gasteiger partial charge in [-0.25, -0.2) is 0 Å². The van der Waals surface area contributed by atoms with Crippen molar-refractivity contribution in [3.8, 4) is 5.75 Å². The van der Waals surface area contributed by atoms with Crippen molar-refractivity contribution in [2.24, 2.45) is 5.73 Å². The summed E-state index contributed by atoms with van der Waals surface area (Å²) in [6.45, 7) is 0.541. The third-order valence-electron chi connectivity index (χ3n) is 2.41. The van der Waals surface area contributed by atoms with Crippen LogP contribution in [0.4, 0.5) is 0 Å². The van der Waals surface area contributed by atoms with Crippen molar-refractivity contribution in [1.82, 2.24) is 4.90 Å². The van der Waals surface area contributed by atoms with E-state index in [4.69, 9.17) is 22.1 Å². The zero-order valence-corrected chi connectivity index (χ0v) is 10.1. The highest BCUT2D eigenvalue weighted by molar-refractivity contribution is 6.31. The summed E-state index contributed by atoms with van der Waals surface area (Å²) in [7, 11) is 5.59. The molecule has 0 radical (unpaired) electrons. The van der Waals surface area contributed by atoms with E-state index in [2.05, 4.69) is 0 Å². The summed E-state index contributed by atoms with van der Waals surface area (Å²) >= 11 is 6.16. The number of nitrogens with zero attached hydrogens (tertiary/aromatic N) is 1. The van der Waals surface area contributed by atoms with Gasteiger partial charge in [0.25, 0.3) is 0 Å². The van der Waals surface area contributed by atoms with Crippen molar-refractivity contribution in [3.63, 3.8) is 0 Å². The Balaban J connectivity index is 3.03. The third-order valence-corrected chi connectivity index (χ3v) is 2.74. The third kappa shape index (κ3) is 2.84. The van der Waals surface area contributed by atoms with E-state index in [1.165, 1.54) is 0 Å². The largest absolute Gasteiger partial charge is 0.497 e. The highest BCUT2D eigenvalue weighted by Gasteiger charge is 2.15. The number of rotatable bonds is 4. The molecule has 1 aromatic carbocycles. The Morgan fingerprint density at radius 1 is 1.47 bits per heavy atom. The summed E-state index contributed by atoms with van der Waals surface area (Å²) in [4.78, 5) is 2.05. The molecular weight excluding hydrogens is 212 g/mol. The second-order valence-corrected chi connectivity index (χ2v) is 4.01. The van der Waals surface area contributed by atoms with Crippen molar-refractivity contribution in [2.45, 2.75) is 6.04 Å². The molecule has 2 N–H and O–H groups in total. The lowest BCUT2D eigenvalue weighted by Crippen LogP contribution is -2.27. The Morgan fingerprint density at radius 2 is 2.13 bits per heavy atom. The maximum absolute atomic E-state index is 6.16. The first kappa shape index (κ1) is 12.3. The Labute approximate surface area is 95.8 Å². The molecule has 0 saturated carbocycles. The average Bonchev–Trinajstić information content (AvgIpc) is 2.20. The van der Waals surface area contributed by atoms with Gasteiger partial charge in [0.15, 0.2) is 0 Å². The minimum atomic E-state index is 0.142. The molecular formula is C11H17ClN2O. The molecule has 0 spiro atoms. The second kappa shape index (κ2) is 5.35. The second-order valence-electron chi connectivity index (χ2n) is 3.60. The predicted octanol–water partition coefficient (Wildman–Crippen LogP) is 1.91. The maximum Gasteiger partial charge on any atom is 0.120 e. The lowest BCUT2D eigenvalue weighted by molar-refractivity contribution is 0.306. The van der Waals surface area contributed by atoms with Gasteiger partial charge in [-0.2, -0.15) is 0 Å². The van der Waals surface area contributed by atoms with E-state index < -0.39 is 0 Å². The molecule has 1 unspecified atom stereocenters. The molecule has 1 rings (SSSR count). The van der Waals surface area contributed by atoms with E-state index in [1.807, 2.05) is 37.2 Å². The molecule has 0 aliphatic heterocycles. The highest BCUT2D eigenvalue weighted by Crippen LogP contribution is 2.28. The minimum absolute atomic E-state index is 0.142. The van der Waals surface area contributed by atoms with Crippen molar-refractivity contribution >= 4 is 11.6 Å². The minimum Gasteiger partial charge on any atom is -0.497 e. The van der Waals surface area contributed by atoms with Crippen molar-refractivity contribution < 1.29 is 4.74 Å². The van der Waals surface area contributed by atoms with Gasteiger partial charge in [0.2, 0.25) is 0 Å². The van der Waals surface area contributed by atoms with Crippen LogP contribution in [0.2, 0.25) is 5.02 Å². The number of nitrogens with two attached hydrogens (primary N) is 1. The molecule has 0 aliphatic carbocycles. The predicted molar refractivity (Wildman–Crippen MR) is 63.5 cm³/mol. The Morgan fingerprint density at radius 3 is 2.53 bits per heavy atom. The summed E-state index contributed by atoms with van der Waals surface area (Å²) in [5.74, 6) is 0.762. The van der Waals surface area contributed by atoms with E-state index in [9.17, 15) is 0 Å². The van der Waals surface area contributed by atoms with Gasteiger partial charge in [-0.3, -0.25) is 0 Å². The van der Waals surface area contributed by atoms with Crippen molar-refractivity contribution in [1.29, 1.82) is 0 Å². The Hall–Kier alpha value is -0.770. The summed E-state index contributed by atoms with van der Waals surface area (Å²) < 4.78 is 5.09. The molecule has 4 heteroatoms. The van der Waals surface area contributed by atoms with Crippen LogP contribution in [0, 0.1) is 0 Å². The molecule has 3 nitrogen and oxygen atoms in total. The van der Waals surface area contributed by atoms with Crippen LogP contribution in [0.1, 0.15) is 11.6 Å². The monoisotopic (exact) mass is 228 g/mol. The molecule has 0 aliphatic rings. The van der Waals surface area contributed by atoms with Gasteiger partial charge in [-0.05, 0) is 31.8 Å². The first-order chi connectivity index (χ1) is 7.10. The zero-order chi connectivity index (χ0) is 11.4. The van der Waals surface area contributed by atoms with Crippen LogP contribution in [0.3, 0.4) is 0 Å². The van der Waals surface area contributed by atoms with Crippen LogP contribution in [-0.2, 0) is 0 Å².